The highest BCUT2D eigenvalue weighted by atomic mass is 16.2. The molecular formula is C16H22N6O. The van der Waals surface area contributed by atoms with Crippen LogP contribution in [0.3, 0.4) is 0 Å². The fourth-order valence-corrected chi connectivity index (χ4v) is 2.89. The lowest BCUT2D eigenvalue weighted by atomic mass is 9.92. The van der Waals surface area contributed by atoms with Crippen LogP contribution in [0.4, 0.5) is 10.6 Å². The van der Waals surface area contributed by atoms with E-state index in [1.54, 1.807) is 19.2 Å². The third kappa shape index (κ3) is 3.67. The van der Waals surface area contributed by atoms with E-state index in [0.717, 1.165) is 32.5 Å². The molecule has 122 valence electrons. The van der Waals surface area contributed by atoms with Gasteiger partial charge in [0.05, 0.1) is 6.20 Å². The highest BCUT2D eigenvalue weighted by molar-refractivity contribution is 5.88. The number of amides is 2. The highest BCUT2D eigenvalue weighted by Gasteiger charge is 2.24. The Bertz CT molecular complexity index is 675. The Labute approximate surface area is 135 Å². The quantitative estimate of drug-likeness (QED) is 0.944. The van der Waals surface area contributed by atoms with Gasteiger partial charge in [-0.15, -0.1) is 0 Å². The number of aromatic nitrogens is 4. The summed E-state index contributed by atoms with van der Waals surface area (Å²) in [6.07, 6.45) is 7.64. The molecule has 7 nitrogen and oxygen atoms in total. The lowest BCUT2D eigenvalue weighted by Gasteiger charge is -2.31. The van der Waals surface area contributed by atoms with Crippen LogP contribution in [-0.4, -0.2) is 43.8 Å². The summed E-state index contributed by atoms with van der Waals surface area (Å²) < 4.78 is 1.95. The fourth-order valence-electron chi connectivity index (χ4n) is 2.89. The van der Waals surface area contributed by atoms with Gasteiger partial charge in [0.1, 0.15) is 11.6 Å². The summed E-state index contributed by atoms with van der Waals surface area (Å²) in [4.78, 5) is 22.4. The number of anilines is 1. The van der Waals surface area contributed by atoms with Crippen LogP contribution < -0.4 is 5.32 Å². The van der Waals surface area contributed by atoms with Crippen molar-refractivity contribution < 1.29 is 4.79 Å². The van der Waals surface area contributed by atoms with Gasteiger partial charge in [0.25, 0.3) is 0 Å². The molecule has 3 rings (SSSR count). The standard InChI is InChI=1S/C16H22N6O/c1-3-22-11-14(10-18-22)13-5-8-21(9-6-13)16(23)20-15-4-7-17-12(2)19-15/h4,7,10-11,13H,3,5-6,8-9H2,1-2H3,(H,17,19,20,23). The minimum atomic E-state index is -0.0918. The van der Waals surface area contributed by atoms with Gasteiger partial charge in [-0.3, -0.25) is 10.00 Å². The van der Waals surface area contributed by atoms with Crippen molar-refractivity contribution in [3.63, 3.8) is 0 Å². The second-order valence-corrected chi connectivity index (χ2v) is 5.81. The summed E-state index contributed by atoms with van der Waals surface area (Å²) in [7, 11) is 0. The maximum Gasteiger partial charge on any atom is 0.323 e. The topological polar surface area (TPSA) is 75.9 Å². The largest absolute Gasteiger partial charge is 0.324 e. The van der Waals surface area contributed by atoms with E-state index in [9.17, 15) is 4.79 Å². The molecular weight excluding hydrogens is 292 g/mol. The number of rotatable bonds is 3. The summed E-state index contributed by atoms with van der Waals surface area (Å²) in [6.45, 7) is 6.27. The molecule has 0 atom stereocenters. The van der Waals surface area contributed by atoms with E-state index < -0.39 is 0 Å². The number of urea groups is 1. The second-order valence-electron chi connectivity index (χ2n) is 5.81. The van der Waals surface area contributed by atoms with Gasteiger partial charge in [0.2, 0.25) is 0 Å². The van der Waals surface area contributed by atoms with Gasteiger partial charge in [-0.2, -0.15) is 5.10 Å². The molecule has 0 radical (unpaired) electrons. The van der Waals surface area contributed by atoms with E-state index >= 15 is 0 Å². The van der Waals surface area contributed by atoms with E-state index in [-0.39, 0.29) is 6.03 Å². The Balaban J connectivity index is 1.55. The van der Waals surface area contributed by atoms with E-state index in [1.807, 2.05) is 15.8 Å². The molecule has 1 fully saturated rings. The molecule has 2 aromatic heterocycles. The molecule has 1 aliphatic heterocycles. The zero-order valence-corrected chi connectivity index (χ0v) is 13.6. The number of hydrogen-bond donors (Lipinski definition) is 1. The van der Waals surface area contributed by atoms with Gasteiger partial charge in [-0.25, -0.2) is 14.8 Å². The summed E-state index contributed by atoms with van der Waals surface area (Å²) >= 11 is 0. The molecule has 0 saturated carbocycles. The number of hydrogen-bond acceptors (Lipinski definition) is 4. The Morgan fingerprint density at radius 1 is 1.39 bits per heavy atom. The lowest BCUT2D eigenvalue weighted by Crippen LogP contribution is -2.40. The van der Waals surface area contributed by atoms with Crippen LogP contribution >= 0.6 is 0 Å². The Kier molecular flexibility index (Phi) is 4.55. The lowest BCUT2D eigenvalue weighted by molar-refractivity contribution is 0.194. The number of aryl methyl sites for hydroxylation is 2. The minimum absolute atomic E-state index is 0.0918. The van der Waals surface area contributed by atoms with E-state index in [1.165, 1.54) is 5.56 Å². The van der Waals surface area contributed by atoms with Crippen molar-refractivity contribution in [1.82, 2.24) is 24.6 Å². The molecule has 1 saturated heterocycles. The number of nitrogens with one attached hydrogen (secondary N) is 1. The minimum Gasteiger partial charge on any atom is -0.324 e. The molecule has 1 N–H and O–H groups in total. The fraction of sp³-hybridized carbons (Fsp3) is 0.500. The van der Waals surface area contributed by atoms with Gasteiger partial charge in [0, 0.05) is 32.0 Å². The molecule has 0 bridgehead atoms. The van der Waals surface area contributed by atoms with Crippen LogP contribution in [0.15, 0.2) is 24.7 Å². The number of carbonyl (C=O) groups excluding carboxylic acids is 1. The maximum absolute atomic E-state index is 12.3. The van der Waals surface area contributed by atoms with E-state index in [0.29, 0.717) is 17.6 Å². The highest BCUT2D eigenvalue weighted by Crippen LogP contribution is 2.27. The predicted molar refractivity (Wildman–Crippen MR) is 87.2 cm³/mol. The second kappa shape index (κ2) is 6.76. The van der Waals surface area contributed by atoms with Crippen molar-refractivity contribution in [1.29, 1.82) is 0 Å². The number of likely N-dealkylation sites (tertiary alicyclic amines) is 1. The monoisotopic (exact) mass is 314 g/mol. The van der Waals surface area contributed by atoms with Crippen molar-refractivity contribution in [2.45, 2.75) is 39.2 Å². The third-order valence-corrected chi connectivity index (χ3v) is 4.24. The average Bonchev–Trinajstić information content (AvgIpc) is 3.04. The molecule has 2 aromatic rings. The van der Waals surface area contributed by atoms with Gasteiger partial charge in [0.15, 0.2) is 0 Å². The summed E-state index contributed by atoms with van der Waals surface area (Å²) in [5.74, 6) is 1.68. The first-order chi connectivity index (χ1) is 11.2. The van der Waals surface area contributed by atoms with Gasteiger partial charge in [-0.1, -0.05) is 0 Å². The molecule has 3 heterocycles. The zero-order chi connectivity index (χ0) is 16.2. The maximum atomic E-state index is 12.3. The first-order valence-electron chi connectivity index (χ1n) is 8.03. The Morgan fingerprint density at radius 2 is 2.17 bits per heavy atom. The Hall–Kier alpha value is -2.44. The molecule has 0 spiro atoms. The molecule has 2 amide bonds. The molecule has 0 unspecified atom stereocenters. The molecule has 1 aliphatic rings. The van der Waals surface area contributed by atoms with Crippen molar-refractivity contribution in [3.8, 4) is 0 Å². The summed E-state index contributed by atoms with van der Waals surface area (Å²) in [5.41, 5.74) is 1.28. The van der Waals surface area contributed by atoms with Crippen molar-refractivity contribution >= 4 is 11.8 Å². The van der Waals surface area contributed by atoms with Crippen molar-refractivity contribution in [2.75, 3.05) is 18.4 Å². The third-order valence-electron chi connectivity index (χ3n) is 4.24. The molecule has 0 aromatic carbocycles. The van der Waals surface area contributed by atoms with E-state index in [4.69, 9.17) is 0 Å². The van der Waals surface area contributed by atoms with Crippen LogP contribution in [0.5, 0.6) is 0 Å². The molecule has 7 heteroatoms. The predicted octanol–water partition coefficient (Wildman–Crippen LogP) is 2.41. The first-order valence-corrected chi connectivity index (χ1v) is 8.03. The number of piperidine rings is 1. The average molecular weight is 314 g/mol. The van der Waals surface area contributed by atoms with Crippen LogP contribution in [0.2, 0.25) is 0 Å². The van der Waals surface area contributed by atoms with Crippen molar-refractivity contribution in [2.24, 2.45) is 0 Å². The van der Waals surface area contributed by atoms with Crippen LogP contribution in [0, 0.1) is 6.92 Å². The SMILES string of the molecule is CCn1cc(C2CCN(C(=O)Nc3ccnc(C)n3)CC2)cn1. The number of nitrogens with zero attached hydrogens (tertiary/aromatic N) is 5. The first kappa shape index (κ1) is 15.5. The number of carbonyl (C=O) groups is 1. The van der Waals surface area contributed by atoms with Crippen LogP contribution in [-0.2, 0) is 6.54 Å². The smallest absolute Gasteiger partial charge is 0.323 e. The van der Waals surface area contributed by atoms with E-state index in [2.05, 4.69) is 33.5 Å². The van der Waals surface area contributed by atoms with Gasteiger partial charge >= 0.3 is 6.03 Å². The van der Waals surface area contributed by atoms with Crippen LogP contribution in [0.25, 0.3) is 0 Å². The van der Waals surface area contributed by atoms with Gasteiger partial charge in [-0.05, 0) is 44.2 Å². The normalized spacial score (nSPS) is 15.7. The summed E-state index contributed by atoms with van der Waals surface area (Å²) in [6, 6.07) is 1.61. The molecule has 0 aliphatic carbocycles. The van der Waals surface area contributed by atoms with Crippen molar-refractivity contribution in [3.05, 3.63) is 36.0 Å². The van der Waals surface area contributed by atoms with Crippen LogP contribution in [0.1, 0.15) is 37.1 Å². The van der Waals surface area contributed by atoms with Gasteiger partial charge < -0.3 is 4.90 Å². The Morgan fingerprint density at radius 3 is 2.83 bits per heavy atom. The summed E-state index contributed by atoms with van der Waals surface area (Å²) in [5, 5.41) is 7.18. The molecule has 23 heavy (non-hydrogen) atoms. The zero-order valence-electron chi connectivity index (χ0n) is 13.6.